The molecular formula is C20H21F2NO5. The van der Waals surface area contributed by atoms with E-state index in [1.165, 1.54) is 13.2 Å². The molecule has 0 spiro atoms. The summed E-state index contributed by atoms with van der Waals surface area (Å²) in [6.07, 6.45) is -0.706. The lowest BCUT2D eigenvalue weighted by molar-refractivity contribution is -0.133. The van der Waals surface area contributed by atoms with E-state index in [0.717, 1.165) is 5.56 Å². The highest BCUT2D eigenvalue weighted by Gasteiger charge is 2.33. The molecule has 28 heavy (non-hydrogen) atoms. The number of nitrogens with one attached hydrogen (secondary N) is 1. The topological polar surface area (TPSA) is 66.0 Å². The number of alkyl halides is 2. The number of benzene rings is 2. The van der Waals surface area contributed by atoms with Crippen molar-refractivity contribution in [3.05, 3.63) is 48.0 Å². The van der Waals surface area contributed by atoms with Crippen molar-refractivity contribution in [1.82, 2.24) is 5.32 Å². The number of carbonyl (C=O) groups excluding carboxylic acids is 1. The van der Waals surface area contributed by atoms with Crippen LogP contribution in [-0.2, 0) is 11.2 Å². The van der Waals surface area contributed by atoms with Gasteiger partial charge in [0, 0.05) is 6.54 Å². The van der Waals surface area contributed by atoms with E-state index in [4.69, 9.17) is 14.2 Å². The van der Waals surface area contributed by atoms with Crippen molar-refractivity contribution in [2.24, 2.45) is 0 Å². The molecule has 150 valence electrons. The number of hydrogen-bond donors (Lipinski definition) is 1. The van der Waals surface area contributed by atoms with Gasteiger partial charge in [0.2, 0.25) is 6.10 Å². The van der Waals surface area contributed by atoms with Gasteiger partial charge in [0.15, 0.2) is 23.0 Å². The van der Waals surface area contributed by atoms with Crippen molar-refractivity contribution in [1.29, 1.82) is 0 Å². The fourth-order valence-corrected chi connectivity index (χ4v) is 2.90. The number of methoxy groups -OCH3 is 1. The number of hydrogen-bond acceptors (Lipinski definition) is 5. The Balaban J connectivity index is 1.55. The van der Waals surface area contributed by atoms with Gasteiger partial charge in [0.25, 0.3) is 5.91 Å². The second-order valence-corrected chi connectivity index (χ2v) is 6.21. The van der Waals surface area contributed by atoms with Crippen LogP contribution in [0.15, 0.2) is 42.5 Å². The first-order valence-electron chi connectivity index (χ1n) is 8.79. The van der Waals surface area contributed by atoms with E-state index in [0.29, 0.717) is 24.5 Å². The lowest BCUT2D eigenvalue weighted by Gasteiger charge is -2.31. The number of rotatable bonds is 7. The Bertz CT molecular complexity index is 830. The third-order valence-corrected chi connectivity index (χ3v) is 4.26. The summed E-state index contributed by atoms with van der Waals surface area (Å²) in [5.74, 6) is 1.02. The normalized spacial score (nSPS) is 17.9. The predicted octanol–water partition coefficient (Wildman–Crippen LogP) is 3.18. The molecule has 0 radical (unpaired) electrons. The van der Waals surface area contributed by atoms with Crippen molar-refractivity contribution < 1.29 is 32.5 Å². The van der Waals surface area contributed by atoms with Gasteiger partial charge in [0.1, 0.15) is 6.10 Å². The molecule has 1 aliphatic rings. The van der Waals surface area contributed by atoms with Gasteiger partial charge in [-0.1, -0.05) is 18.2 Å². The number of fused-ring (bicyclic) bond motifs is 1. The first-order chi connectivity index (χ1) is 13.5. The van der Waals surface area contributed by atoms with Crippen molar-refractivity contribution in [3.63, 3.8) is 0 Å². The fraction of sp³-hybridized carbons (Fsp3) is 0.350. The molecule has 1 aliphatic heterocycles. The summed E-state index contributed by atoms with van der Waals surface area (Å²) in [7, 11) is 1.37. The van der Waals surface area contributed by atoms with Gasteiger partial charge in [0.05, 0.1) is 7.11 Å². The van der Waals surface area contributed by atoms with Crippen LogP contribution >= 0.6 is 0 Å². The summed E-state index contributed by atoms with van der Waals surface area (Å²) in [6, 6.07) is 11.8. The Kier molecular flexibility index (Phi) is 6.18. The quantitative estimate of drug-likeness (QED) is 0.783. The minimum absolute atomic E-state index is 0.0365. The number of carbonyl (C=O) groups is 1. The minimum atomic E-state index is -2.93. The van der Waals surface area contributed by atoms with Crippen LogP contribution in [0.3, 0.4) is 0 Å². The maximum absolute atomic E-state index is 12.5. The third kappa shape index (κ3) is 4.62. The largest absolute Gasteiger partial charge is 0.493 e. The molecule has 1 N–H and O–H groups in total. The highest BCUT2D eigenvalue weighted by Crippen LogP contribution is 2.33. The molecular weight excluding hydrogens is 372 g/mol. The molecule has 0 saturated heterocycles. The zero-order valence-electron chi connectivity index (χ0n) is 15.5. The molecule has 2 aromatic rings. The smallest absolute Gasteiger partial charge is 0.387 e. The van der Waals surface area contributed by atoms with E-state index in [2.05, 4.69) is 10.1 Å². The molecule has 1 amide bonds. The van der Waals surface area contributed by atoms with E-state index in [1.54, 1.807) is 31.2 Å². The summed E-state index contributed by atoms with van der Waals surface area (Å²) in [4.78, 5) is 12.5. The van der Waals surface area contributed by atoms with Crippen molar-refractivity contribution in [2.75, 3.05) is 13.7 Å². The molecule has 8 heteroatoms. The summed E-state index contributed by atoms with van der Waals surface area (Å²) >= 11 is 0. The van der Waals surface area contributed by atoms with Gasteiger partial charge < -0.3 is 24.3 Å². The highest BCUT2D eigenvalue weighted by atomic mass is 19.3. The summed E-state index contributed by atoms with van der Waals surface area (Å²) in [6.45, 7) is -0.818. The van der Waals surface area contributed by atoms with E-state index >= 15 is 0 Å². The molecule has 0 fully saturated rings. The lowest BCUT2D eigenvalue weighted by atomic mass is 10.1. The van der Waals surface area contributed by atoms with Gasteiger partial charge >= 0.3 is 6.61 Å². The summed E-state index contributed by atoms with van der Waals surface area (Å²) < 4.78 is 45.7. The van der Waals surface area contributed by atoms with Gasteiger partial charge in [-0.2, -0.15) is 8.78 Å². The minimum Gasteiger partial charge on any atom is -0.493 e. The molecule has 1 heterocycles. The van der Waals surface area contributed by atoms with Crippen LogP contribution in [0, 0.1) is 0 Å². The van der Waals surface area contributed by atoms with Gasteiger partial charge in [-0.15, -0.1) is 0 Å². The number of ether oxygens (including phenoxy) is 4. The number of amides is 1. The molecule has 2 atom stereocenters. The van der Waals surface area contributed by atoms with Crippen LogP contribution in [0.5, 0.6) is 23.0 Å². The second kappa shape index (κ2) is 8.77. The number of halogens is 2. The highest BCUT2D eigenvalue weighted by molar-refractivity contribution is 5.82. The first kappa shape index (κ1) is 19.7. The SMILES string of the molecule is COc1cc(CCNC(=O)C2Oc3ccccc3OC2C)ccc1OC(F)F. The van der Waals surface area contributed by atoms with Crippen LogP contribution in [0.4, 0.5) is 8.78 Å². The van der Waals surface area contributed by atoms with Gasteiger partial charge in [-0.3, -0.25) is 4.79 Å². The molecule has 6 nitrogen and oxygen atoms in total. The molecule has 0 bridgehead atoms. The Morgan fingerprint density at radius 3 is 2.54 bits per heavy atom. The third-order valence-electron chi connectivity index (χ3n) is 4.26. The monoisotopic (exact) mass is 393 g/mol. The van der Waals surface area contributed by atoms with Gasteiger partial charge in [-0.25, -0.2) is 0 Å². The zero-order chi connectivity index (χ0) is 20.1. The van der Waals surface area contributed by atoms with Crippen molar-refractivity contribution in [2.45, 2.75) is 32.2 Å². The molecule has 3 rings (SSSR count). The van der Waals surface area contributed by atoms with Gasteiger partial charge in [-0.05, 0) is 43.2 Å². The molecule has 2 unspecified atom stereocenters. The standard InChI is InChI=1S/C20H21F2NO5/c1-12-18(27-15-6-4-3-5-14(15)26-12)19(24)23-10-9-13-7-8-16(28-20(21)22)17(11-13)25-2/h3-8,11-12,18,20H,9-10H2,1-2H3,(H,23,24). The summed E-state index contributed by atoms with van der Waals surface area (Å²) in [5, 5.41) is 2.81. The second-order valence-electron chi connectivity index (χ2n) is 6.21. The average molecular weight is 393 g/mol. The van der Waals surface area contributed by atoms with Crippen LogP contribution in [0.25, 0.3) is 0 Å². The fourth-order valence-electron chi connectivity index (χ4n) is 2.90. The zero-order valence-corrected chi connectivity index (χ0v) is 15.5. The van der Waals surface area contributed by atoms with E-state index in [9.17, 15) is 13.6 Å². The first-order valence-corrected chi connectivity index (χ1v) is 8.79. The maximum Gasteiger partial charge on any atom is 0.387 e. The van der Waals surface area contributed by atoms with Crippen molar-refractivity contribution >= 4 is 5.91 Å². The van der Waals surface area contributed by atoms with Crippen LogP contribution in [-0.4, -0.2) is 38.4 Å². The molecule has 0 saturated carbocycles. The van der Waals surface area contributed by atoms with E-state index in [-0.39, 0.29) is 17.4 Å². The number of para-hydroxylation sites is 2. The van der Waals surface area contributed by atoms with Crippen molar-refractivity contribution in [3.8, 4) is 23.0 Å². The van der Waals surface area contributed by atoms with Crippen LogP contribution in [0.2, 0.25) is 0 Å². The maximum atomic E-state index is 12.5. The summed E-state index contributed by atoms with van der Waals surface area (Å²) in [5.41, 5.74) is 0.804. The Morgan fingerprint density at radius 2 is 1.86 bits per heavy atom. The Morgan fingerprint density at radius 1 is 1.14 bits per heavy atom. The molecule has 2 aromatic carbocycles. The van der Waals surface area contributed by atoms with Crippen LogP contribution < -0.4 is 24.3 Å². The Hall–Kier alpha value is -3.03. The lowest BCUT2D eigenvalue weighted by Crippen LogP contribution is -2.49. The van der Waals surface area contributed by atoms with E-state index in [1.807, 2.05) is 12.1 Å². The Labute approximate surface area is 161 Å². The predicted molar refractivity (Wildman–Crippen MR) is 97.3 cm³/mol. The molecule has 0 aliphatic carbocycles. The van der Waals surface area contributed by atoms with Crippen LogP contribution in [0.1, 0.15) is 12.5 Å². The molecule has 0 aromatic heterocycles. The van der Waals surface area contributed by atoms with E-state index < -0.39 is 18.8 Å². The average Bonchev–Trinajstić information content (AvgIpc) is 2.68.